The molecule has 0 bridgehead atoms. The summed E-state index contributed by atoms with van der Waals surface area (Å²) in [5, 5.41) is 2.95. The zero-order valence-electron chi connectivity index (χ0n) is 17.1. The molecule has 0 saturated carbocycles. The smallest absolute Gasteiger partial charge is 0.251 e. The van der Waals surface area contributed by atoms with Gasteiger partial charge in [0.2, 0.25) is 0 Å². The lowest BCUT2D eigenvalue weighted by atomic mass is 10.1. The van der Waals surface area contributed by atoms with Crippen LogP contribution in [0.25, 0.3) is 0 Å². The van der Waals surface area contributed by atoms with E-state index in [4.69, 9.17) is 15.2 Å². The van der Waals surface area contributed by atoms with E-state index in [0.29, 0.717) is 31.3 Å². The summed E-state index contributed by atoms with van der Waals surface area (Å²) in [6, 6.07) is 15.8. The molecule has 3 N–H and O–H groups in total. The Morgan fingerprint density at radius 1 is 1.17 bits per heavy atom. The molecule has 1 amide bonds. The SMILES string of the molecule is CN(CCOc1cccc(CNC(=O)c2ccc(CN)cc2)c1)C1CCOCC1. The lowest BCUT2D eigenvalue weighted by Crippen LogP contribution is -2.38. The van der Waals surface area contributed by atoms with Gasteiger partial charge in [-0.2, -0.15) is 0 Å². The summed E-state index contributed by atoms with van der Waals surface area (Å²) in [5.74, 6) is 0.724. The first-order valence-corrected chi connectivity index (χ1v) is 10.2. The molecule has 0 unspecified atom stereocenters. The molecule has 6 nitrogen and oxygen atoms in total. The Labute approximate surface area is 173 Å². The van der Waals surface area contributed by atoms with Crippen molar-refractivity contribution in [3.8, 4) is 5.75 Å². The first-order valence-electron chi connectivity index (χ1n) is 10.2. The quantitative estimate of drug-likeness (QED) is 0.680. The zero-order chi connectivity index (χ0) is 20.5. The van der Waals surface area contributed by atoms with Gasteiger partial charge in [0.25, 0.3) is 5.91 Å². The molecule has 1 saturated heterocycles. The van der Waals surface area contributed by atoms with Crippen LogP contribution in [0.3, 0.4) is 0 Å². The number of benzene rings is 2. The van der Waals surface area contributed by atoms with E-state index in [9.17, 15) is 4.79 Å². The minimum Gasteiger partial charge on any atom is -0.492 e. The summed E-state index contributed by atoms with van der Waals surface area (Å²) in [4.78, 5) is 14.7. The Balaban J connectivity index is 1.44. The molecule has 156 valence electrons. The lowest BCUT2D eigenvalue weighted by molar-refractivity contribution is 0.0392. The van der Waals surface area contributed by atoms with Crippen molar-refractivity contribution in [3.05, 3.63) is 65.2 Å². The second-order valence-electron chi connectivity index (χ2n) is 7.40. The number of ether oxygens (including phenoxy) is 2. The van der Waals surface area contributed by atoms with Crippen LogP contribution in [0.1, 0.15) is 34.3 Å². The fraction of sp³-hybridized carbons (Fsp3) is 0.435. The number of carbonyl (C=O) groups excluding carboxylic acids is 1. The van der Waals surface area contributed by atoms with Gasteiger partial charge in [0.05, 0.1) is 0 Å². The van der Waals surface area contributed by atoms with Crippen LogP contribution in [0, 0.1) is 0 Å². The summed E-state index contributed by atoms with van der Waals surface area (Å²) in [6.07, 6.45) is 2.17. The van der Waals surface area contributed by atoms with Gasteiger partial charge in [-0.05, 0) is 55.3 Å². The van der Waals surface area contributed by atoms with Crippen molar-refractivity contribution in [2.24, 2.45) is 5.73 Å². The minimum absolute atomic E-state index is 0.0991. The Morgan fingerprint density at radius 3 is 2.66 bits per heavy atom. The van der Waals surface area contributed by atoms with E-state index in [0.717, 1.165) is 49.5 Å². The number of hydrogen-bond acceptors (Lipinski definition) is 5. The van der Waals surface area contributed by atoms with Gasteiger partial charge in [-0.15, -0.1) is 0 Å². The predicted octanol–water partition coefficient (Wildman–Crippen LogP) is 2.56. The van der Waals surface area contributed by atoms with Crippen LogP contribution in [0.15, 0.2) is 48.5 Å². The molecular formula is C23H31N3O3. The molecule has 0 aromatic heterocycles. The van der Waals surface area contributed by atoms with Crippen molar-refractivity contribution >= 4 is 5.91 Å². The highest BCUT2D eigenvalue weighted by molar-refractivity contribution is 5.94. The van der Waals surface area contributed by atoms with Crippen molar-refractivity contribution in [2.45, 2.75) is 32.0 Å². The van der Waals surface area contributed by atoms with Crippen molar-refractivity contribution in [1.29, 1.82) is 0 Å². The van der Waals surface area contributed by atoms with Crippen LogP contribution >= 0.6 is 0 Å². The Morgan fingerprint density at radius 2 is 1.93 bits per heavy atom. The monoisotopic (exact) mass is 397 g/mol. The van der Waals surface area contributed by atoms with E-state index >= 15 is 0 Å². The maximum Gasteiger partial charge on any atom is 0.251 e. The summed E-state index contributed by atoms with van der Waals surface area (Å²) in [7, 11) is 2.14. The molecule has 1 aliphatic rings. The summed E-state index contributed by atoms with van der Waals surface area (Å²) in [5.41, 5.74) is 8.24. The Hall–Kier alpha value is -2.41. The van der Waals surface area contributed by atoms with Gasteiger partial charge >= 0.3 is 0 Å². The van der Waals surface area contributed by atoms with E-state index in [1.54, 1.807) is 12.1 Å². The number of carbonyl (C=O) groups is 1. The van der Waals surface area contributed by atoms with Crippen molar-refractivity contribution < 1.29 is 14.3 Å². The van der Waals surface area contributed by atoms with Crippen LogP contribution in [0.4, 0.5) is 0 Å². The molecule has 2 aromatic rings. The summed E-state index contributed by atoms with van der Waals surface area (Å²) >= 11 is 0. The fourth-order valence-electron chi connectivity index (χ4n) is 3.44. The minimum atomic E-state index is -0.0991. The highest BCUT2D eigenvalue weighted by atomic mass is 16.5. The largest absolute Gasteiger partial charge is 0.492 e. The van der Waals surface area contributed by atoms with Gasteiger partial charge in [0.1, 0.15) is 12.4 Å². The summed E-state index contributed by atoms with van der Waals surface area (Å²) < 4.78 is 11.3. The molecule has 29 heavy (non-hydrogen) atoms. The molecule has 0 radical (unpaired) electrons. The molecule has 3 rings (SSSR count). The van der Waals surface area contributed by atoms with Crippen molar-refractivity contribution in [3.63, 3.8) is 0 Å². The van der Waals surface area contributed by atoms with Gasteiger partial charge in [-0.3, -0.25) is 9.69 Å². The van der Waals surface area contributed by atoms with Crippen molar-refractivity contribution in [2.75, 3.05) is 33.4 Å². The molecule has 0 aliphatic carbocycles. The van der Waals surface area contributed by atoms with E-state index in [1.165, 1.54) is 0 Å². The maximum absolute atomic E-state index is 12.3. The molecular weight excluding hydrogens is 366 g/mol. The number of nitrogens with zero attached hydrogens (tertiary/aromatic N) is 1. The number of rotatable bonds is 9. The van der Waals surface area contributed by atoms with Crippen LogP contribution in [0.2, 0.25) is 0 Å². The highest BCUT2D eigenvalue weighted by Gasteiger charge is 2.18. The standard InChI is InChI=1S/C23H31N3O3/c1-26(21-9-12-28-13-10-21)11-14-29-22-4-2-3-19(15-22)17-25-23(27)20-7-5-18(16-24)6-8-20/h2-8,15,21H,9-14,16-17,24H2,1H3,(H,25,27). The average Bonchev–Trinajstić information content (AvgIpc) is 2.78. The summed E-state index contributed by atoms with van der Waals surface area (Å²) in [6.45, 7) is 4.14. The third-order valence-corrected chi connectivity index (χ3v) is 5.33. The van der Waals surface area contributed by atoms with Gasteiger partial charge < -0.3 is 20.5 Å². The first kappa shape index (κ1) is 21.3. The van der Waals surface area contributed by atoms with Gasteiger partial charge in [-0.25, -0.2) is 0 Å². The Kier molecular flexibility index (Phi) is 8.04. The van der Waals surface area contributed by atoms with E-state index in [-0.39, 0.29) is 5.91 Å². The maximum atomic E-state index is 12.3. The van der Waals surface area contributed by atoms with Crippen LogP contribution in [0.5, 0.6) is 5.75 Å². The average molecular weight is 398 g/mol. The lowest BCUT2D eigenvalue weighted by Gasteiger charge is -2.31. The molecule has 1 heterocycles. The normalized spacial score (nSPS) is 14.7. The molecule has 0 atom stereocenters. The second-order valence-corrected chi connectivity index (χ2v) is 7.40. The van der Waals surface area contributed by atoms with E-state index in [1.807, 2.05) is 36.4 Å². The predicted molar refractivity (Wildman–Crippen MR) is 114 cm³/mol. The number of likely N-dealkylation sites (N-methyl/N-ethyl adjacent to an activating group) is 1. The topological polar surface area (TPSA) is 76.8 Å². The third-order valence-electron chi connectivity index (χ3n) is 5.33. The Bertz CT molecular complexity index is 773. The second kappa shape index (κ2) is 11.0. The van der Waals surface area contributed by atoms with Gasteiger partial charge in [0.15, 0.2) is 0 Å². The van der Waals surface area contributed by atoms with Gasteiger partial charge in [-0.1, -0.05) is 24.3 Å². The molecule has 1 fully saturated rings. The van der Waals surface area contributed by atoms with Crippen molar-refractivity contribution in [1.82, 2.24) is 10.2 Å². The molecule has 2 aromatic carbocycles. The number of amides is 1. The first-order chi connectivity index (χ1) is 14.2. The van der Waals surface area contributed by atoms with Crippen LogP contribution in [-0.4, -0.2) is 50.3 Å². The number of nitrogens with one attached hydrogen (secondary N) is 1. The molecule has 0 spiro atoms. The third kappa shape index (κ3) is 6.56. The molecule has 1 aliphatic heterocycles. The van der Waals surface area contributed by atoms with Crippen LogP contribution in [-0.2, 0) is 17.8 Å². The fourth-order valence-corrected chi connectivity index (χ4v) is 3.44. The highest BCUT2D eigenvalue weighted by Crippen LogP contribution is 2.15. The molecule has 6 heteroatoms. The van der Waals surface area contributed by atoms with E-state index in [2.05, 4.69) is 17.3 Å². The number of hydrogen-bond donors (Lipinski definition) is 2. The van der Waals surface area contributed by atoms with E-state index < -0.39 is 0 Å². The van der Waals surface area contributed by atoms with Gasteiger partial charge in [0, 0.05) is 44.5 Å². The zero-order valence-corrected chi connectivity index (χ0v) is 17.1. The van der Waals surface area contributed by atoms with Crippen LogP contribution < -0.4 is 15.8 Å². The number of nitrogens with two attached hydrogens (primary N) is 1.